The van der Waals surface area contributed by atoms with Gasteiger partial charge >= 0.3 is 5.97 Å². The van der Waals surface area contributed by atoms with Crippen LogP contribution >= 0.6 is 11.3 Å². The van der Waals surface area contributed by atoms with Gasteiger partial charge in [-0.05, 0) is 31.1 Å². The van der Waals surface area contributed by atoms with E-state index in [0.29, 0.717) is 11.8 Å². The van der Waals surface area contributed by atoms with Crippen molar-refractivity contribution in [1.29, 1.82) is 0 Å². The molecule has 0 saturated heterocycles. The molecular formula is C13H19NO2S. The van der Waals surface area contributed by atoms with Crippen molar-refractivity contribution in [3.8, 4) is 0 Å². The van der Waals surface area contributed by atoms with Gasteiger partial charge in [-0.2, -0.15) is 0 Å². The molecule has 1 aromatic rings. The Bertz CT molecular complexity index is 388. The first kappa shape index (κ1) is 12.6. The highest BCUT2D eigenvalue weighted by molar-refractivity contribution is 7.09. The van der Waals surface area contributed by atoms with E-state index in [4.69, 9.17) is 0 Å². The molecular weight excluding hydrogens is 234 g/mol. The number of aliphatic carboxylic acids is 1. The zero-order chi connectivity index (χ0) is 12.5. The third-order valence-electron chi connectivity index (χ3n) is 3.99. The van der Waals surface area contributed by atoms with Gasteiger partial charge < -0.3 is 5.11 Å². The van der Waals surface area contributed by atoms with Crippen molar-refractivity contribution >= 4 is 17.3 Å². The average molecular weight is 253 g/mol. The van der Waals surface area contributed by atoms with Crippen LogP contribution in [-0.4, -0.2) is 16.1 Å². The smallest absolute Gasteiger partial charge is 0.310 e. The predicted octanol–water partition coefficient (Wildman–Crippen LogP) is 3.36. The first-order chi connectivity index (χ1) is 7.94. The van der Waals surface area contributed by atoms with Gasteiger partial charge in [0.2, 0.25) is 0 Å². The van der Waals surface area contributed by atoms with Crippen LogP contribution in [-0.2, 0) is 11.2 Å². The molecule has 4 heteroatoms. The van der Waals surface area contributed by atoms with Crippen LogP contribution in [0, 0.1) is 10.8 Å². The molecule has 0 aromatic carbocycles. The Morgan fingerprint density at radius 1 is 1.41 bits per heavy atom. The first-order valence-electron chi connectivity index (χ1n) is 6.05. The Morgan fingerprint density at radius 3 is 2.53 bits per heavy atom. The van der Waals surface area contributed by atoms with E-state index in [1.807, 2.05) is 5.38 Å². The number of carbonyl (C=O) groups is 1. The van der Waals surface area contributed by atoms with Gasteiger partial charge in [0.25, 0.3) is 0 Å². The predicted molar refractivity (Wildman–Crippen MR) is 68.1 cm³/mol. The summed E-state index contributed by atoms with van der Waals surface area (Å²) >= 11 is 1.56. The van der Waals surface area contributed by atoms with E-state index in [0.717, 1.165) is 30.7 Å². The van der Waals surface area contributed by atoms with Crippen LogP contribution in [0.25, 0.3) is 0 Å². The average Bonchev–Trinajstić information content (AvgIpc) is 2.74. The molecule has 17 heavy (non-hydrogen) atoms. The van der Waals surface area contributed by atoms with Gasteiger partial charge in [0, 0.05) is 18.0 Å². The van der Waals surface area contributed by atoms with E-state index in [-0.39, 0.29) is 0 Å². The van der Waals surface area contributed by atoms with Crippen molar-refractivity contribution in [1.82, 2.24) is 4.98 Å². The number of hydrogen-bond donors (Lipinski definition) is 1. The van der Waals surface area contributed by atoms with Crippen molar-refractivity contribution < 1.29 is 9.90 Å². The van der Waals surface area contributed by atoms with Crippen molar-refractivity contribution in [3.63, 3.8) is 0 Å². The molecule has 0 spiro atoms. The second-order valence-electron chi connectivity index (χ2n) is 5.85. The number of thiazole rings is 1. The summed E-state index contributed by atoms with van der Waals surface area (Å²) in [6.45, 7) is 4.45. The van der Waals surface area contributed by atoms with Crippen molar-refractivity contribution in [3.05, 3.63) is 16.6 Å². The second-order valence-corrected chi connectivity index (χ2v) is 6.83. The molecule has 94 valence electrons. The molecule has 1 aliphatic carbocycles. The summed E-state index contributed by atoms with van der Waals surface area (Å²) in [4.78, 5) is 15.8. The van der Waals surface area contributed by atoms with E-state index in [2.05, 4.69) is 18.8 Å². The summed E-state index contributed by atoms with van der Waals surface area (Å²) in [5, 5.41) is 12.4. The number of hydrogen-bond acceptors (Lipinski definition) is 3. The number of carboxylic acids is 1. The molecule has 1 fully saturated rings. The molecule has 0 atom stereocenters. The van der Waals surface area contributed by atoms with Crippen LogP contribution in [0.1, 0.15) is 44.5 Å². The van der Waals surface area contributed by atoms with E-state index >= 15 is 0 Å². The van der Waals surface area contributed by atoms with Crippen LogP contribution in [0.3, 0.4) is 0 Å². The van der Waals surface area contributed by atoms with Gasteiger partial charge in [-0.1, -0.05) is 13.8 Å². The fourth-order valence-electron chi connectivity index (χ4n) is 2.50. The van der Waals surface area contributed by atoms with Crippen LogP contribution in [0.15, 0.2) is 11.6 Å². The lowest BCUT2D eigenvalue weighted by atomic mass is 9.64. The third kappa shape index (κ3) is 2.68. The Labute approximate surface area is 106 Å². The Morgan fingerprint density at radius 2 is 2.06 bits per heavy atom. The van der Waals surface area contributed by atoms with E-state index < -0.39 is 11.4 Å². The molecule has 0 amide bonds. The minimum Gasteiger partial charge on any atom is -0.481 e. The molecule has 0 unspecified atom stereocenters. The number of rotatable bonds is 3. The van der Waals surface area contributed by atoms with E-state index in [1.165, 1.54) is 0 Å². The lowest BCUT2D eigenvalue weighted by Gasteiger charge is -2.40. The lowest BCUT2D eigenvalue weighted by Crippen LogP contribution is -2.39. The molecule has 1 saturated carbocycles. The number of aromatic nitrogens is 1. The summed E-state index contributed by atoms with van der Waals surface area (Å²) in [6.07, 6.45) is 5.87. The van der Waals surface area contributed by atoms with Gasteiger partial charge in [-0.3, -0.25) is 4.79 Å². The first-order valence-corrected chi connectivity index (χ1v) is 6.93. The third-order valence-corrected chi connectivity index (χ3v) is 4.77. The minimum absolute atomic E-state index is 0.293. The minimum atomic E-state index is -0.650. The fraction of sp³-hybridized carbons (Fsp3) is 0.692. The zero-order valence-electron chi connectivity index (χ0n) is 10.4. The highest BCUT2D eigenvalue weighted by Crippen LogP contribution is 2.47. The topological polar surface area (TPSA) is 50.2 Å². The molecule has 2 rings (SSSR count). The molecule has 3 nitrogen and oxygen atoms in total. The highest BCUT2D eigenvalue weighted by atomic mass is 32.1. The highest BCUT2D eigenvalue weighted by Gasteiger charge is 2.44. The molecule has 0 radical (unpaired) electrons. The normalized spacial score (nSPS) is 22.2. The van der Waals surface area contributed by atoms with E-state index in [9.17, 15) is 9.90 Å². The molecule has 1 heterocycles. The van der Waals surface area contributed by atoms with E-state index in [1.54, 1.807) is 17.5 Å². The van der Waals surface area contributed by atoms with Gasteiger partial charge in [-0.15, -0.1) is 11.3 Å². The lowest BCUT2D eigenvalue weighted by molar-refractivity contribution is -0.152. The quantitative estimate of drug-likeness (QED) is 0.898. The summed E-state index contributed by atoms with van der Waals surface area (Å²) in [7, 11) is 0. The summed E-state index contributed by atoms with van der Waals surface area (Å²) in [5.41, 5.74) is -0.283. The maximum absolute atomic E-state index is 11.6. The zero-order valence-corrected chi connectivity index (χ0v) is 11.2. The van der Waals surface area contributed by atoms with Crippen molar-refractivity contribution in [2.24, 2.45) is 10.8 Å². The fourth-order valence-corrected chi connectivity index (χ4v) is 3.26. The molecule has 1 N–H and O–H groups in total. The van der Waals surface area contributed by atoms with Crippen LogP contribution in [0.2, 0.25) is 0 Å². The Kier molecular flexibility index (Phi) is 3.25. The standard InChI is InChI=1S/C13H19NO2S/c1-12(2)3-5-13(6-4-12,11(15)16)9-10-14-7-8-17-10/h7-8H,3-6,9H2,1-2H3,(H,15,16). The van der Waals surface area contributed by atoms with Gasteiger partial charge in [0.05, 0.1) is 10.4 Å². The van der Waals surface area contributed by atoms with Gasteiger partial charge in [-0.25, -0.2) is 4.98 Å². The molecule has 0 aliphatic heterocycles. The number of nitrogens with zero attached hydrogens (tertiary/aromatic N) is 1. The van der Waals surface area contributed by atoms with Crippen LogP contribution in [0.4, 0.5) is 0 Å². The van der Waals surface area contributed by atoms with Gasteiger partial charge in [0.1, 0.15) is 0 Å². The summed E-state index contributed by atoms with van der Waals surface area (Å²) in [6, 6.07) is 0. The monoisotopic (exact) mass is 253 g/mol. The summed E-state index contributed by atoms with van der Waals surface area (Å²) in [5.74, 6) is -0.650. The van der Waals surface area contributed by atoms with Crippen LogP contribution in [0.5, 0.6) is 0 Å². The Balaban J connectivity index is 2.15. The van der Waals surface area contributed by atoms with Crippen LogP contribution < -0.4 is 0 Å². The van der Waals surface area contributed by atoms with Crippen molar-refractivity contribution in [2.45, 2.75) is 46.0 Å². The molecule has 0 bridgehead atoms. The summed E-state index contributed by atoms with van der Waals surface area (Å²) < 4.78 is 0. The Hall–Kier alpha value is -0.900. The maximum Gasteiger partial charge on any atom is 0.310 e. The SMILES string of the molecule is CC1(C)CCC(Cc2nccs2)(C(=O)O)CC1. The maximum atomic E-state index is 11.6. The largest absolute Gasteiger partial charge is 0.481 e. The van der Waals surface area contributed by atoms with Crippen molar-refractivity contribution in [2.75, 3.05) is 0 Å². The van der Waals surface area contributed by atoms with Gasteiger partial charge in [0.15, 0.2) is 0 Å². The molecule has 1 aromatic heterocycles. The molecule has 1 aliphatic rings. The number of carboxylic acid groups (broad SMARTS) is 1. The second kappa shape index (κ2) is 4.41.